The molecule has 3 N–H and O–H groups in total. The third-order valence-electron chi connectivity index (χ3n) is 5.78. The monoisotopic (exact) mass is 456 g/mol. The summed E-state index contributed by atoms with van der Waals surface area (Å²) in [6.45, 7) is 3.98. The Balaban J connectivity index is 1.71. The average Bonchev–Trinajstić information content (AvgIpc) is 2.83. The topological polar surface area (TPSA) is 81.4 Å². The zero-order valence-electron chi connectivity index (χ0n) is 19.8. The zero-order valence-corrected chi connectivity index (χ0v) is 19.8. The molecule has 1 amide bonds. The van der Waals surface area contributed by atoms with E-state index in [1.54, 1.807) is 19.1 Å². The van der Waals surface area contributed by atoms with E-state index in [1.165, 1.54) is 31.7 Å². The Hall–Kier alpha value is -2.73. The second-order valence-corrected chi connectivity index (χ2v) is 8.45. The molecule has 2 aromatic rings. The fourth-order valence-electron chi connectivity index (χ4n) is 3.67. The van der Waals surface area contributed by atoms with E-state index in [0.29, 0.717) is 6.42 Å². The minimum absolute atomic E-state index is 0.0162. The maximum Gasteiger partial charge on any atom is 0.313 e. The van der Waals surface area contributed by atoms with Gasteiger partial charge in [0.25, 0.3) is 0 Å². The Labute approximate surface area is 196 Å². The fraction of sp³-hybridized carbons (Fsp3) is 0.481. The molecule has 5 nitrogen and oxygen atoms in total. The van der Waals surface area contributed by atoms with E-state index in [2.05, 4.69) is 12.2 Å². The van der Waals surface area contributed by atoms with Gasteiger partial charge in [0.05, 0.1) is 18.5 Å². The van der Waals surface area contributed by atoms with Crippen molar-refractivity contribution in [2.24, 2.45) is 5.73 Å². The number of hydrogen-bond donors (Lipinski definition) is 2. The number of carbonyl (C=O) groups excluding carboxylic acids is 2. The van der Waals surface area contributed by atoms with Crippen molar-refractivity contribution >= 4 is 11.9 Å². The number of hydrogen-bond acceptors (Lipinski definition) is 4. The van der Waals surface area contributed by atoms with E-state index in [1.807, 2.05) is 30.3 Å². The SMILES string of the molecule is CCCCCCCCC(N)C(=O)NCCOC(=O)C(C)c1ccc(-c2ccccc2)cc1F. The number of halogens is 1. The van der Waals surface area contributed by atoms with Crippen molar-refractivity contribution in [3.63, 3.8) is 0 Å². The molecule has 33 heavy (non-hydrogen) atoms. The predicted octanol–water partition coefficient (Wildman–Crippen LogP) is 5.33. The second-order valence-electron chi connectivity index (χ2n) is 8.45. The lowest BCUT2D eigenvalue weighted by atomic mass is 9.97. The molecular weight excluding hydrogens is 419 g/mol. The highest BCUT2D eigenvalue weighted by atomic mass is 19.1. The molecule has 0 aromatic heterocycles. The first-order valence-corrected chi connectivity index (χ1v) is 12.0. The molecule has 0 radical (unpaired) electrons. The van der Waals surface area contributed by atoms with E-state index >= 15 is 0 Å². The molecule has 2 aromatic carbocycles. The quantitative estimate of drug-likeness (QED) is 0.297. The van der Waals surface area contributed by atoms with E-state index in [9.17, 15) is 14.0 Å². The molecule has 0 saturated heterocycles. The van der Waals surface area contributed by atoms with Gasteiger partial charge < -0.3 is 15.8 Å². The molecule has 0 fully saturated rings. The average molecular weight is 457 g/mol. The first-order valence-electron chi connectivity index (χ1n) is 12.0. The highest BCUT2D eigenvalue weighted by Gasteiger charge is 2.21. The van der Waals surface area contributed by atoms with Crippen LogP contribution >= 0.6 is 0 Å². The summed E-state index contributed by atoms with van der Waals surface area (Å²) in [5, 5.41) is 2.70. The van der Waals surface area contributed by atoms with E-state index < -0.39 is 23.7 Å². The number of carbonyl (C=O) groups is 2. The Morgan fingerprint density at radius 1 is 1.00 bits per heavy atom. The summed E-state index contributed by atoms with van der Waals surface area (Å²) in [4.78, 5) is 24.4. The lowest BCUT2D eigenvalue weighted by Crippen LogP contribution is -2.42. The highest BCUT2D eigenvalue weighted by Crippen LogP contribution is 2.26. The van der Waals surface area contributed by atoms with Crippen molar-refractivity contribution in [1.29, 1.82) is 0 Å². The highest BCUT2D eigenvalue weighted by molar-refractivity contribution is 5.81. The van der Waals surface area contributed by atoms with Gasteiger partial charge in [0.2, 0.25) is 5.91 Å². The fourth-order valence-corrected chi connectivity index (χ4v) is 3.67. The Morgan fingerprint density at radius 2 is 1.70 bits per heavy atom. The number of ether oxygens (including phenoxy) is 1. The number of esters is 1. The summed E-state index contributed by atoms with van der Waals surface area (Å²) < 4.78 is 19.9. The van der Waals surface area contributed by atoms with Crippen LogP contribution in [0.4, 0.5) is 4.39 Å². The number of nitrogens with two attached hydrogens (primary N) is 1. The van der Waals surface area contributed by atoms with Crippen LogP contribution in [0.25, 0.3) is 11.1 Å². The maximum absolute atomic E-state index is 14.6. The molecule has 0 aliphatic carbocycles. The molecule has 6 heteroatoms. The van der Waals surface area contributed by atoms with Crippen molar-refractivity contribution in [3.05, 3.63) is 59.9 Å². The Kier molecular flexibility index (Phi) is 11.6. The first kappa shape index (κ1) is 26.5. The number of unbranched alkanes of at least 4 members (excludes halogenated alkanes) is 5. The van der Waals surface area contributed by atoms with Crippen LogP contribution in [0.2, 0.25) is 0 Å². The standard InChI is InChI=1S/C27H37FN2O3/c1-3-4-5-6-7-11-14-25(29)26(31)30-17-18-33-27(32)20(2)23-16-15-22(19-24(23)28)21-12-9-8-10-13-21/h8-10,12-13,15-16,19-20,25H,3-7,11,14,17-18,29H2,1-2H3,(H,30,31). The summed E-state index contributed by atoms with van der Waals surface area (Å²) in [6.07, 6.45) is 7.51. The van der Waals surface area contributed by atoms with Gasteiger partial charge >= 0.3 is 5.97 Å². The van der Waals surface area contributed by atoms with Crippen LogP contribution in [0.15, 0.2) is 48.5 Å². The van der Waals surface area contributed by atoms with E-state index in [-0.39, 0.29) is 24.6 Å². The van der Waals surface area contributed by atoms with Crippen LogP contribution in [0, 0.1) is 5.82 Å². The third kappa shape index (κ3) is 8.97. The molecule has 180 valence electrons. The van der Waals surface area contributed by atoms with Gasteiger partial charge in [-0.2, -0.15) is 0 Å². The maximum atomic E-state index is 14.6. The molecule has 2 rings (SSSR count). The molecule has 0 aliphatic rings. The van der Waals surface area contributed by atoms with Crippen LogP contribution in [0.3, 0.4) is 0 Å². The van der Waals surface area contributed by atoms with Crippen molar-refractivity contribution in [1.82, 2.24) is 5.32 Å². The van der Waals surface area contributed by atoms with Gasteiger partial charge in [-0.1, -0.05) is 87.9 Å². The molecule has 0 heterocycles. The Morgan fingerprint density at radius 3 is 2.39 bits per heavy atom. The summed E-state index contributed by atoms with van der Waals surface area (Å²) in [7, 11) is 0. The minimum atomic E-state index is -0.750. The number of benzene rings is 2. The smallest absolute Gasteiger partial charge is 0.313 e. The lowest BCUT2D eigenvalue weighted by Gasteiger charge is -2.15. The van der Waals surface area contributed by atoms with Gasteiger partial charge in [0.15, 0.2) is 0 Å². The molecule has 0 spiro atoms. The first-order chi connectivity index (χ1) is 15.9. The molecule has 0 aliphatic heterocycles. The van der Waals surface area contributed by atoms with Gasteiger partial charge in [-0.15, -0.1) is 0 Å². The van der Waals surface area contributed by atoms with Gasteiger partial charge in [0.1, 0.15) is 12.4 Å². The van der Waals surface area contributed by atoms with Crippen molar-refractivity contribution in [3.8, 4) is 11.1 Å². The summed E-state index contributed by atoms with van der Waals surface area (Å²) in [5.74, 6) is -1.97. The largest absolute Gasteiger partial charge is 0.463 e. The van der Waals surface area contributed by atoms with Crippen molar-refractivity contribution < 1.29 is 18.7 Å². The van der Waals surface area contributed by atoms with Gasteiger partial charge in [-0.3, -0.25) is 9.59 Å². The number of rotatable bonds is 14. The lowest BCUT2D eigenvalue weighted by molar-refractivity contribution is -0.145. The van der Waals surface area contributed by atoms with Crippen LogP contribution in [-0.4, -0.2) is 31.1 Å². The molecule has 2 atom stereocenters. The molecule has 2 unspecified atom stereocenters. The summed E-state index contributed by atoms with van der Waals surface area (Å²) >= 11 is 0. The number of nitrogens with one attached hydrogen (secondary N) is 1. The number of amides is 1. The molecular formula is C27H37FN2O3. The Bertz CT molecular complexity index is 873. The van der Waals surface area contributed by atoms with Crippen LogP contribution in [-0.2, 0) is 14.3 Å². The summed E-state index contributed by atoms with van der Waals surface area (Å²) in [5.41, 5.74) is 7.87. The van der Waals surface area contributed by atoms with Crippen molar-refractivity contribution in [2.45, 2.75) is 70.8 Å². The van der Waals surface area contributed by atoms with Gasteiger partial charge in [0, 0.05) is 5.56 Å². The van der Waals surface area contributed by atoms with Crippen LogP contribution < -0.4 is 11.1 Å². The normalized spacial score (nSPS) is 12.7. The van der Waals surface area contributed by atoms with Crippen LogP contribution in [0.1, 0.15) is 70.3 Å². The van der Waals surface area contributed by atoms with Gasteiger partial charge in [-0.05, 0) is 30.5 Å². The van der Waals surface area contributed by atoms with Gasteiger partial charge in [-0.25, -0.2) is 4.39 Å². The third-order valence-corrected chi connectivity index (χ3v) is 5.78. The molecule has 0 saturated carbocycles. The van der Waals surface area contributed by atoms with Crippen molar-refractivity contribution in [2.75, 3.05) is 13.2 Å². The minimum Gasteiger partial charge on any atom is -0.463 e. The molecule has 0 bridgehead atoms. The predicted molar refractivity (Wildman–Crippen MR) is 130 cm³/mol. The summed E-state index contributed by atoms with van der Waals surface area (Å²) in [6, 6.07) is 13.8. The van der Waals surface area contributed by atoms with E-state index in [4.69, 9.17) is 10.5 Å². The van der Waals surface area contributed by atoms with Crippen LogP contribution in [0.5, 0.6) is 0 Å². The zero-order chi connectivity index (χ0) is 24.1. The van der Waals surface area contributed by atoms with E-state index in [0.717, 1.165) is 24.0 Å². The second kappa shape index (κ2) is 14.4.